The van der Waals surface area contributed by atoms with Crippen molar-refractivity contribution in [2.45, 2.75) is 6.54 Å². The predicted molar refractivity (Wildman–Crippen MR) is 72.0 cm³/mol. The van der Waals surface area contributed by atoms with Crippen LogP contribution in [-0.2, 0) is 6.54 Å². The first kappa shape index (κ1) is 11.7. The minimum Gasteiger partial charge on any atom is -0.492 e. The van der Waals surface area contributed by atoms with E-state index in [0.29, 0.717) is 0 Å². The van der Waals surface area contributed by atoms with Crippen LogP contribution >= 0.6 is 0 Å². The summed E-state index contributed by atoms with van der Waals surface area (Å²) >= 11 is 0. The molecule has 1 heterocycles. The SMILES string of the molecule is C=C/C=C(\C=C)c1ccc2c(c1)CNCCO2. The van der Waals surface area contributed by atoms with Gasteiger partial charge in [0.25, 0.3) is 0 Å². The minimum atomic E-state index is 0.725. The molecule has 1 aromatic carbocycles. The van der Waals surface area contributed by atoms with Crippen LogP contribution in [0.2, 0.25) is 0 Å². The fourth-order valence-electron chi connectivity index (χ4n) is 1.90. The Morgan fingerprint density at radius 3 is 3.00 bits per heavy atom. The fourth-order valence-corrected chi connectivity index (χ4v) is 1.90. The van der Waals surface area contributed by atoms with E-state index in [9.17, 15) is 0 Å². The first-order valence-electron chi connectivity index (χ1n) is 5.77. The molecule has 0 aromatic heterocycles. The zero-order valence-electron chi connectivity index (χ0n) is 9.91. The summed E-state index contributed by atoms with van der Waals surface area (Å²) in [5.41, 5.74) is 3.41. The smallest absolute Gasteiger partial charge is 0.123 e. The van der Waals surface area contributed by atoms with Gasteiger partial charge in [0.05, 0.1) is 0 Å². The number of hydrogen-bond acceptors (Lipinski definition) is 2. The van der Waals surface area contributed by atoms with Gasteiger partial charge in [0.15, 0.2) is 0 Å². The Labute approximate surface area is 102 Å². The van der Waals surface area contributed by atoms with Gasteiger partial charge in [0.2, 0.25) is 0 Å². The third-order valence-electron chi connectivity index (χ3n) is 2.76. The van der Waals surface area contributed by atoms with E-state index in [1.807, 2.05) is 18.2 Å². The number of hydrogen-bond donors (Lipinski definition) is 1. The normalized spacial score (nSPS) is 15.4. The first-order chi connectivity index (χ1) is 8.35. The predicted octanol–water partition coefficient (Wildman–Crippen LogP) is 2.92. The number of allylic oxidation sites excluding steroid dienone is 4. The lowest BCUT2D eigenvalue weighted by Gasteiger charge is -2.09. The zero-order valence-corrected chi connectivity index (χ0v) is 9.91. The van der Waals surface area contributed by atoms with Crippen LogP contribution in [0.5, 0.6) is 5.75 Å². The molecule has 0 radical (unpaired) electrons. The monoisotopic (exact) mass is 227 g/mol. The standard InChI is InChI=1S/C15H17NO/c1-3-5-12(4-2)13-6-7-15-14(10-13)11-16-8-9-17-15/h3-7,10,16H,1-2,8-9,11H2/b12-5+. The minimum absolute atomic E-state index is 0.725. The van der Waals surface area contributed by atoms with E-state index in [1.165, 1.54) is 5.56 Å². The van der Waals surface area contributed by atoms with Crippen LogP contribution in [0, 0.1) is 0 Å². The van der Waals surface area contributed by atoms with Gasteiger partial charge in [-0.2, -0.15) is 0 Å². The van der Waals surface area contributed by atoms with Crippen LogP contribution in [-0.4, -0.2) is 13.2 Å². The third-order valence-corrected chi connectivity index (χ3v) is 2.76. The molecular weight excluding hydrogens is 210 g/mol. The molecule has 0 spiro atoms. The van der Waals surface area contributed by atoms with Gasteiger partial charge >= 0.3 is 0 Å². The van der Waals surface area contributed by atoms with E-state index in [2.05, 4.69) is 30.6 Å². The Morgan fingerprint density at radius 2 is 2.24 bits per heavy atom. The van der Waals surface area contributed by atoms with Crippen molar-refractivity contribution in [2.75, 3.05) is 13.2 Å². The molecule has 1 N–H and O–H groups in total. The van der Waals surface area contributed by atoms with E-state index < -0.39 is 0 Å². The van der Waals surface area contributed by atoms with Crippen molar-refractivity contribution in [1.29, 1.82) is 0 Å². The molecule has 1 aromatic rings. The summed E-state index contributed by atoms with van der Waals surface area (Å²) in [6.07, 6.45) is 5.57. The topological polar surface area (TPSA) is 21.3 Å². The largest absolute Gasteiger partial charge is 0.492 e. The van der Waals surface area contributed by atoms with Crippen molar-refractivity contribution < 1.29 is 4.74 Å². The van der Waals surface area contributed by atoms with Gasteiger partial charge in [-0.15, -0.1) is 0 Å². The van der Waals surface area contributed by atoms with E-state index in [0.717, 1.165) is 36.6 Å². The zero-order chi connectivity index (χ0) is 12.1. The van der Waals surface area contributed by atoms with Crippen LogP contribution in [0.3, 0.4) is 0 Å². The molecule has 0 aliphatic carbocycles. The Balaban J connectivity index is 2.38. The lowest BCUT2D eigenvalue weighted by Crippen LogP contribution is -2.16. The first-order valence-corrected chi connectivity index (χ1v) is 5.77. The molecule has 0 unspecified atom stereocenters. The van der Waals surface area contributed by atoms with Crippen molar-refractivity contribution in [1.82, 2.24) is 5.32 Å². The molecule has 88 valence electrons. The summed E-state index contributed by atoms with van der Waals surface area (Å²) in [4.78, 5) is 0. The highest BCUT2D eigenvalue weighted by Gasteiger charge is 2.09. The molecular formula is C15H17NO. The number of ether oxygens (including phenoxy) is 1. The van der Waals surface area contributed by atoms with Gasteiger partial charge in [-0.3, -0.25) is 0 Å². The number of benzene rings is 1. The number of nitrogens with one attached hydrogen (secondary N) is 1. The molecule has 0 saturated heterocycles. The molecule has 17 heavy (non-hydrogen) atoms. The summed E-state index contributed by atoms with van der Waals surface area (Å²) in [5.74, 6) is 0.973. The Bertz CT molecular complexity index is 460. The van der Waals surface area contributed by atoms with Crippen LogP contribution in [0.4, 0.5) is 0 Å². The highest BCUT2D eigenvalue weighted by molar-refractivity contribution is 5.75. The number of fused-ring (bicyclic) bond motifs is 1. The highest BCUT2D eigenvalue weighted by atomic mass is 16.5. The maximum atomic E-state index is 5.65. The van der Waals surface area contributed by atoms with Crippen LogP contribution in [0.25, 0.3) is 5.57 Å². The Kier molecular flexibility index (Phi) is 3.78. The van der Waals surface area contributed by atoms with Crippen molar-refractivity contribution in [3.05, 3.63) is 60.7 Å². The molecule has 0 bridgehead atoms. The van der Waals surface area contributed by atoms with Gasteiger partial charge in [-0.1, -0.05) is 37.5 Å². The van der Waals surface area contributed by atoms with Gasteiger partial charge < -0.3 is 10.1 Å². The summed E-state index contributed by atoms with van der Waals surface area (Å²) in [5, 5.41) is 3.33. The average molecular weight is 227 g/mol. The van der Waals surface area contributed by atoms with Crippen molar-refractivity contribution in [3.63, 3.8) is 0 Å². The van der Waals surface area contributed by atoms with Crippen molar-refractivity contribution >= 4 is 5.57 Å². The van der Waals surface area contributed by atoms with Gasteiger partial charge in [-0.05, 0) is 23.3 Å². The molecule has 0 amide bonds. The molecule has 0 atom stereocenters. The summed E-state index contributed by atoms with van der Waals surface area (Å²) in [6.45, 7) is 10.0. The number of rotatable bonds is 3. The van der Waals surface area contributed by atoms with Gasteiger partial charge in [-0.25, -0.2) is 0 Å². The molecule has 0 saturated carbocycles. The van der Waals surface area contributed by atoms with Crippen LogP contribution in [0.1, 0.15) is 11.1 Å². The van der Waals surface area contributed by atoms with Crippen LogP contribution in [0.15, 0.2) is 49.6 Å². The molecule has 2 rings (SSSR count). The molecule has 2 nitrogen and oxygen atoms in total. The summed E-state index contributed by atoms with van der Waals surface area (Å²) < 4.78 is 5.65. The van der Waals surface area contributed by atoms with E-state index >= 15 is 0 Å². The second kappa shape index (κ2) is 5.51. The Hall–Kier alpha value is -1.80. The summed E-state index contributed by atoms with van der Waals surface area (Å²) in [7, 11) is 0. The summed E-state index contributed by atoms with van der Waals surface area (Å²) in [6, 6.07) is 6.23. The fraction of sp³-hybridized carbons (Fsp3) is 0.200. The van der Waals surface area contributed by atoms with E-state index in [-0.39, 0.29) is 0 Å². The van der Waals surface area contributed by atoms with E-state index in [4.69, 9.17) is 4.74 Å². The maximum absolute atomic E-state index is 5.65. The van der Waals surface area contributed by atoms with Gasteiger partial charge in [0.1, 0.15) is 12.4 Å². The molecule has 0 fully saturated rings. The lowest BCUT2D eigenvalue weighted by molar-refractivity contribution is 0.326. The Morgan fingerprint density at radius 1 is 1.35 bits per heavy atom. The lowest BCUT2D eigenvalue weighted by atomic mass is 10.0. The second-order valence-electron chi connectivity index (χ2n) is 3.91. The van der Waals surface area contributed by atoms with Crippen molar-refractivity contribution in [3.8, 4) is 5.75 Å². The van der Waals surface area contributed by atoms with Crippen LogP contribution < -0.4 is 10.1 Å². The average Bonchev–Trinajstić information content (AvgIpc) is 2.60. The van der Waals surface area contributed by atoms with Gasteiger partial charge in [0, 0.05) is 18.7 Å². The van der Waals surface area contributed by atoms with Crippen molar-refractivity contribution in [2.24, 2.45) is 0 Å². The third kappa shape index (κ3) is 2.66. The van der Waals surface area contributed by atoms with E-state index in [1.54, 1.807) is 6.08 Å². The second-order valence-corrected chi connectivity index (χ2v) is 3.91. The maximum Gasteiger partial charge on any atom is 0.123 e. The highest BCUT2D eigenvalue weighted by Crippen LogP contribution is 2.25. The quantitative estimate of drug-likeness (QED) is 0.802. The molecule has 2 heteroatoms. The molecule has 1 aliphatic heterocycles. The molecule has 1 aliphatic rings.